The SMILES string of the molecule is CCOc1cc(CNC(=O)c2cc(F)ccc2C)ccc1-n1nc(C(C)C)c(N)c1C(N)=O. The molecule has 0 bridgehead atoms. The van der Waals surface area contributed by atoms with Crippen molar-refractivity contribution in [2.24, 2.45) is 5.73 Å². The van der Waals surface area contributed by atoms with Crippen molar-refractivity contribution in [3.63, 3.8) is 0 Å². The number of primary amides is 1. The summed E-state index contributed by atoms with van der Waals surface area (Å²) in [5.74, 6) is -1.12. The molecule has 1 aromatic heterocycles. The van der Waals surface area contributed by atoms with E-state index in [2.05, 4.69) is 10.4 Å². The van der Waals surface area contributed by atoms with E-state index in [9.17, 15) is 14.0 Å². The van der Waals surface area contributed by atoms with Gasteiger partial charge < -0.3 is 21.5 Å². The van der Waals surface area contributed by atoms with Crippen molar-refractivity contribution in [1.82, 2.24) is 15.1 Å². The quantitative estimate of drug-likeness (QED) is 0.482. The van der Waals surface area contributed by atoms with Gasteiger partial charge in [-0.25, -0.2) is 9.07 Å². The lowest BCUT2D eigenvalue weighted by molar-refractivity contribution is 0.0948. The molecule has 0 aliphatic rings. The first-order chi connectivity index (χ1) is 15.6. The summed E-state index contributed by atoms with van der Waals surface area (Å²) in [5.41, 5.74) is 14.8. The fourth-order valence-corrected chi connectivity index (χ4v) is 3.52. The van der Waals surface area contributed by atoms with Gasteiger partial charge in [-0.3, -0.25) is 9.59 Å². The van der Waals surface area contributed by atoms with Crippen LogP contribution in [0.3, 0.4) is 0 Å². The number of carbonyl (C=O) groups excluding carboxylic acids is 2. The number of carbonyl (C=O) groups is 2. The van der Waals surface area contributed by atoms with Gasteiger partial charge in [0, 0.05) is 12.1 Å². The Morgan fingerprint density at radius 3 is 2.58 bits per heavy atom. The summed E-state index contributed by atoms with van der Waals surface area (Å²) >= 11 is 0. The fraction of sp³-hybridized carbons (Fsp3) is 0.292. The van der Waals surface area contributed by atoms with Crippen LogP contribution in [0.2, 0.25) is 0 Å². The van der Waals surface area contributed by atoms with Crippen LogP contribution in [0.5, 0.6) is 5.75 Å². The van der Waals surface area contributed by atoms with Gasteiger partial charge in [0.15, 0.2) is 5.69 Å². The van der Waals surface area contributed by atoms with E-state index in [-0.39, 0.29) is 35.3 Å². The lowest BCUT2D eigenvalue weighted by Crippen LogP contribution is -2.24. The molecule has 0 spiro atoms. The maximum Gasteiger partial charge on any atom is 0.269 e. The molecule has 0 aliphatic heterocycles. The summed E-state index contributed by atoms with van der Waals surface area (Å²) in [6, 6.07) is 9.32. The topological polar surface area (TPSA) is 125 Å². The average molecular weight is 454 g/mol. The van der Waals surface area contributed by atoms with Crippen LogP contribution in [-0.4, -0.2) is 28.2 Å². The van der Waals surface area contributed by atoms with Gasteiger partial charge in [-0.2, -0.15) is 5.10 Å². The van der Waals surface area contributed by atoms with Crippen molar-refractivity contribution < 1.29 is 18.7 Å². The van der Waals surface area contributed by atoms with Crippen molar-refractivity contribution in [2.75, 3.05) is 12.3 Å². The number of rotatable bonds is 8. The molecule has 0 saturated heterocycles. The molecule has 174 valence electrons. The highest BCUT2D eigenvalue weighted by Crippen LogP contribution is 2.31. The third-order valence-corrected chi connectivity index (χ3v) is 5.18. The Bertz CT molecular complexity index is 1200. The van der Waals surface area contributed by atoms with Crippen LogP contribution in [0, 0.1) is 12.7 Å². The summed E-state index contributed by atoms with van der Waals surface area (Å²) in [4.78, 5) is 24.6. The minimum atomic E-state index is -0.698. The second-order valence-electron chi connectivity index (χ2n) is 7.96. The second kappa shape index (κ2) is 9.72. The normalized spacial score (nSPS) is 11.0. The van der Waals surface area contributed by atoms with Gasteiger partial charge in [-0.05, 0) is 55.2 Å². The molecule has 9 heteroatoms. The highest BCUT2D eigenvalue weighted by Gasteiger charge is 2.24. The molecule has 33 heavy (non-hydrogen) atoms. The lowest BCUT2D eigenvalue weighted by Gasteiger charge is -2.14. The van der Waals surface area contributed by atoms with Crippen molar-refractivity contribution in [2.45, 2.75) is 40.2 Å². The number of nitrogens with one attached hydrogen (secondary N) is 1. The fourth-order valence-electron chi connectivity index (χ4n) is 3.52. The number of ether oxygens (including phenoxy) is 1. The summed E-state index contributed by atoms with van der Waals surface area (Å²) < 4.78 is 20.7. The van der Waals surface area contributed by atoms with Gasteiger partial charge in [0.1, 0.15) is 17.3 Å². The van der Waals surface area contributed by atoms with E-state index in [0.717, 1.165) is 5.56 Å². The first kappa shape index (κ1) is 23.8. The van der Waals surface area contributed by atoms with E-state index >= 15 is 0 Å². The zero-order valence-electron chi connectivity index (χ0n) is 19.1. The van der Waals surface area contributed by atoms with Gasteiger partial charge in [0.25, 0.3) is 11.8 Å². The molecular formula is C24H28FN5O3. The maximum absolute atomic E-state index is 13.5. The highest BCUT2D eigenvalue weighted by atomic mass is 19.1. The number of amides is 2. The van der Waals surface area contributed by atoms with Crippen LogP contribution in [0.25, 0.3) is 5.69 Å². The molecule has 5 N–H and O–H groups in total. The Balaban J connectivity index is 1.93. The molecule has 1 heterocycles. The number of benzene rings is 2. The minimum Gasteiger partial charge on any atom is -0.492 e. The standard InChI is InChI=1S/C24H28FN5O3/c1-5-33-19-10-15(12-28-24(32)17-11-16(25)8-6-14(17)4)7-9-18(19)30-22(23(27)31)20(26)21(29-30)13(2)3/h6-11,13H,5,12,26H2,1-4H3,(H2,27,31)(H,28,32). The second-order valence-corrected chi connectivity index (χ2v) is 7.96. The number of anilines is 1. The number of nitrogens with zero attached hydrogens (tertiary/aromatic N) is 2. The Morgan fingerprint density at radius 1 is 1.21 bits per heavy atom. The van der Waals surface area contributed by atoms with Crippen molar-refractivity contribution >= 4 is 17.5 Å². The van der Waals surface area contributed by atoms with E-state index in [1.165, 1.54) is 16.8 Å². The zero-order valence-corrected chi connectivity index (χ0v) is 19.1. The number of hydrogen-bond donors (Lipinski definition) is 3. The molecule has 0 unspecified atom stereocenters. The zero-order chi connectivity index (χ0) is 24.3. The number of halogens is 1. The summed E-state index contributed by atoms with van der Waals surface area (Å²) in [7, 11) is 0. The summed E-state index contributed by atoms with van der Waals surface area (Å²) in [6.07, 6.45) is 0. The van der Waals surface area contributed by atoms with E-state index in [4.69, 9.17) is 16.2 Å². The van der Waals surface area contributed by atoms with Gasteiger partial charge in [-0.15, -0.1) is 0 Å². The average Bonchev–Trinajstić information content (AvgIpc) is 3.11. The summed E-state index contributed by atoms with van der Waals surface area (Å²) in [6.45, 7) is 7.97. The number of nitrogen functional groups attached to an aromatic ring is 1. The molecule has 0 atom stereocenters. The molecule has 3 rings (SSSR count). The molecule has 0 fully saturated rings. The van der Waals surface area contributed by atoms with Crippen molar-refractivity contribution in [3.8, 4) is 11.4 Å². The third-order valence-electron chi connectivity index (χ3n) is 5.18. The Labute approximate surface area is 191 Å². The minimum absolute atomic E-state index is 0.0133. The first-order valence-corrected chi connectivity index (χ1v) is 10.6. The number of nitrogens with two attached hydrogens (primary N) is 2. The molecular weight excluding hydrogens is 425 g/mol. The molecule has 2 aromatic carbocycles. The number of aryl methyl sites for hydroxylation is 1. The van der Waals surface area contributed by atoms with Crippen LogP contribution in [0.1, 0.15) is 64.4 Å². The third kappa shape index (κ3) is 4.97. The predicted molar refractivity (Wildman–Crippen MR) is 124 cm³/mol. The predicted octanol–water partition coefficient (Wildman–Crippen LogP) is 3.45. The highest BCUT2D eigenvalue weighted by molar-refractivity contribution is 5.97. The maximum atomic E-state index is 13.5. The molecule has 8 nitrogen and oxygen atoms in total. The van der Waals surface area contributed by atoms with Crippen LogP contribution in [-0.2, 0) is 6.54 Å². The van der Waals surface area contributed by atoms with Gasteiger partial charge in [0.2, 0.25) is 0 Å². The largest absolute Gasteiger partial charge is 0.492 e. The lowest BCUT2D eigenvalue weighted by atomic mass is 10.1. The van der Waals surface area contributed by atoms with Gasteiger partial charge in [-0.1, -0.05) is 26.0 Å². The first-order valence-electron chi connectivity index (χ1n) is 10.6. The van der Waals surface area contributed by atoms with Crippen molar-refractivity contribution in [3.05, 3.63) is 70.3 Å². The van der Waals surface area contributed by atoms with E-state index in [1.807, 2.05) is 20.8 Å². The van der Waals surface area contributed by atoms with Crippen molar-refractivity contribution in [1.29, 1.82) is 0 Å². The smallest absolute Gasteiger partial charge is 0.269 e. The summed E-state index contributed by atoms with van der Waals surface area (Å²) in [5, 5.41) is 7.30. The monoisotopic (exact) mass is 453 g/mol. The molecule has 2 amide bonds. The van der Waals surface area contributed by atoms with Gasteiger partial charge in [0.05, 0.1) is 18.0 Å². The van der Waals surface area contributed by atoms with E-state index in [1.54, 1.807) is 31.2 Å². The van der Waals surface area contributed by atoms with E-state index < -0.39 is 11.7 Å². The van der Waals surface area contributed by atoms with Gasteiger partial charge >= 0.3 is 0 Å². The number of aromatic nitrogens is 2. The molecule has 0 aliphatic carbocycles. The van der Waals surface area contributed by atoms with Crippen LogP contribution >= 0.6 is 0 Å². The molecule has 0 radical (unpaired) electrons. The van der Waals surface area contributed by atoms with Crippen LogP contribution < -0.4 is 21.5 Å². The van der Waals surface area contributed by atoms with Crippen LogP contribution in [0.4, 0.5) is 10.1 Å². The Morgan fingerprint density at radius 2 is 1.94 bits per heavy atom. The Kier molecular flexibility index (Phi) is 7.01. The van der Waals surface area contributed by atoms with E-state index in [0.29, 0.717) is 29.3 Å². The van der Waals surface area contributed by atoms with Crippen LogP contribution in [0.15, 0.2) is 36.4 Å². The Hall–Kier alpha value is -3.88. The number of hydrogen-bond acceptors (Lipinski definition) is 5. The molecule has 0 saturated carbocycles. The molecule has 3 aromatic rings.